The van der Waals surface area contributed by atoms with Crippen LogP contribution in [0.3, 0.4) is 0 Å². The van der Waals surface area contributed by atoms with E-state index in [1.807, 2.05) is 11.4 Å². The average Bonchev–Trinajstić information content (AvgIpc) is 2.72. The molecule has 2 aromatic rings. The molecule has 0 bridgehead atoms. The summed E-state index contributed by atoms with van der Waals surface area (Å²) in [5, 5.41) is 4.56. The first kappa shape index (κ1) is 12.2. The molecule has 1 amide bonds. The average molecular weight is 315 g/mol. The molecule has 0 aliphatic rings. The predicted molar refractivity (Wildman–Crippen MR) is 67.4 cm³/mol. The summed E-state index contributed by atoms with van der Waals surface area (Å²) in [7, 11) is 0. The fraction of sp³-hybridized carbons (Fsp3) is 0.0909. The van der Waals surface area contributed by atoms with E-state index in [0.29, 0.717) is 6.54 Å². The Kier molecular flexibility index (Phi) is 3.86. The number of rotatable bonds is 3. The Bertz CT molecular complexity index is 544. The Labute approximate surface area is 110 Å². The molecule has 2 rings (SSSR count). The van der Waals surface area contributed by atoms with Crippen LogP contribution in [-0.2, 0) is 6.54 Å². The van der Waals surface area contributed by atoms with Crippen LogP contribution in [0.15, 0.2) is 34.2 Å². The molecule has 0 spiro atoms. The predicted octanol–water partition coefficient (Wildman–Crippen LogP) is 2.97. The summed E-state index contributed by atoms with van der Waals surface area (Å²) >= 11 is 4.88. The lowest BCUT2D eigenvalue weighted by Gasteiger charge is -2.04. The van der Waals surface area contributed by atoms with Crippen LogP contribution in [0.5, 0.6) is 0 Å². The zero-order chi connectivity index (χ0) is 12.3. The van der Waals surface area contributed by atoms with Gasteiger partial charge < -0.3 is 5.32 Å². The Morgan fingerprint density at radius 1 is 1.53 bits per heavy atom. The Morgan fingerprint density at radius 2 is 2.35 bits per heavy atom. The summed E-state index contributed by atoms with van der Waals surface area (Å²) in [6.45, 7) is 0.366. The second kappa shape index (κ2) is 5.37. The van der Waals surface area contributed by atoms with Crippen molar-refractivity contribution < 1.29 is 9.18 Å². The number of pyridine rings is 1. The molecule has 1 N–H and O–H groups in total. The number of carbonyl (C=O) groups is 1. The number of amides is 1. The van der Waals surface area contributed by atoms with E-state index in [9.17, 15) is 9.18 Å². The van der Waals surface area contributed by atoms with Gasteiger partial charge in [-0.2, -0.15) is 4.39 Å². The minimum atomic E-state index is -0.754. The largest absolute Gasteiger partial charge is 0.347 e. The molecule has 0 saturated carbocycles. The molecular formula is C11H8BrFN2OS. The molecule has 3 nitrogen and oxygen atoms in total. The number of hydrogen-bond donors (Lipinski definition) is 1. The highest BCUT2D eigenvalue weighted by Gasteiger charge is 2.12. The third-order valence-electron chi connectivity index (χ3n) is 2.10. The van der Waals surface area contributed by atoms with Crippen LogP contribution in [-0.4, -0.2) is 10.9 Å². The molecule has 17 heavy (non-hydrogen) atoms. The Balaban J connectivity index is 2.04. The zero-order valence-corrected chi connectivity index (χ0v) is 11.0. The van der Waals surface area contributed by atoms with Gasteiger partial charge in [-0.05, 0) is 39.5 Å². The van der Waals surface area contributed by atoms with E-state index in [1.165, 1.54) is 29.7 Å². The fourth-order valence-electron chi connectivity index (χ4n) is 1.26. The first-order valence-electron chi connectivity index (χ1n) is 4.79. The summed E-state index contributed by atoms with van der Waals surface area (Å²) < 4.78 is 14.1. The molecular weight excluding hydrogens is 307 g/mol. The molecule has 0 atom stereocenters. The van der Waals surface area contributed by atoms with Crippen molar-refractivity contribution in [1.29, 1.82) is 0 Å². The van der Waals surface area contributed by atoms with Gasteiger partial charge in [-0.3, -0.25) is 4.79 Å². The molecule has 6 heteroatoms. The van der Waals surface area contributed by atoms with E-state index in [4.69, 9.17) is 0 Å². The lowest BCUT2D eigenvalue weighted by molar-refractivity contribution is 0.0946. The van der Waals surface area contributed by atoms with E-state index < -0.39 is 11.9 Å². The van der Waals surface area contributed by atoms with Gasteiger partial charge >= 0.3 is 0 Å². The maximum atomic E-state index is 13.2. The van der Waals surface area contributed by atoms with E-state index >= 15 is 0 Å². The van der Waals surface area contributed by atoms with E-state index in [-0.39, 0.29) is 5.56 Å². The number of aromatic nitrogens is 1. The minimum absolute atomic E-state index is 0.0415. The van der Waals surface area contributed by atoms with Gasteiger partial charge in [0, 0.05) is 15.5 Å². The summed E-state index contributed by atoms with van der Waals surface area (Å²) in [6.07, 6.45) is 1.31. The van der Waals surface area contributed by atoms with Gasteiger partial charge in [0.15, 0.2) is 0 Å². The molecule has 0 fully saturated rings. The quantitative estimate of drug-likeness (QED) is 0.885. The van der Waals surface area contributed by atoms with Crippen molar-refractivity contribution in [3.63, 3.8) is 0 Å². The monoisotopic (exact) mass is 314 g/mol. The van der Waals surface area contributed by atoms with Crippen LogP contribution >= 0.6 is 27.3 Å². The number of carbonyl (C=O) groups excluding carboxylic acids is 1. The van der Waals surface area contributed by atoms with Crippen molar-refractivity contribution in [2.45, 2.75) is 6.54 Å². The van der Waals surface area contributed by atoms with Crippen LogP contribution in [0.1, 0.15) is 15.2 Å². The van der Waals surface area contributed by atoms with E-state index in [1.54, 1.807) is 0 Å². The van der Waals surface area contributed by atoms with Gasteiger partial charge in [-0.1, -0.05) is 0 Å². The maximum absolute atomic E-state index is 13.2. The standard InChI is InChI=1S/C11H8BrFN2OS/c12-8-3-5-17-9(8)6-15-11(16)7-2-1-4-14-10(7)13/h1-5H,6H2,(H,15,16). The SMILES string of the molecule is O=C(NCc1sccc1Br)c1cccnc1F. The number of nitrogens with one attached hydrogen (secondary N) is 1. The topological polar surface area (TPSA) is 42.0 Å². The number of thiophene rings is 1. The third kappa shape index (κ3) is 2.89. The van der Waals surface area contributed by atoms with Crippen molar-refractivity contribution in [1.82, 2.24) is 10.3 Å². The summed E-state index contributed by atoms with van der Waals surface area (Å²) in [5.74, 6) is -1.22. The van der Waals surface area contributed by atoms with Crippen molar-refractivity contribution in [3.8, 4) is 0 Å². The van der Waals surface area contributed by atoms with Crippen LogP contribution in [0, 0.1) is 5.95 Å². The van der Waals surface area contributed by atoms with E-state index in [2.05, 4.69) is 26.2 Å². The van der Waals surface area contributed by atoms with Crippen LogP contribution in [0.4, 0.5) is 4.39 Å². The summed E-state index contributed by atoms with van der Waals surface area (Å²) in [6, 6.07) is 4.83. The molecule has 2 heterocycles. The van der Waals surface area contributed by atoms with Gasteiger partial charge in [0.05, 0.1) is 12.1 Å². The first-order chi connectivity index (χ1) is 8.18. The molecule has 0 aliphatic carbocycles. The molecule has 88 valence electrons. The van der Waals surface area contributed by atoms with Gasteiger partial charge in [-0.25, -0.2) is 4.98 Å². The summed E-state index contributed by atoms with van der Waals surface area (Å²) in [5.41, 5.74) is -0.0415. The van der Waals surface area contributed by atoms with Crippen LogP contribution < -0.4 is 5.32 Å². The highest BCUT2D eigenvalue weighted by Crippen LogP contribution is 2.22. The lowest BCUT2D eigenvalue weighted by atomic mass is 10.2. The smallest absolute Gasteiger partial charge is 0.256 e. The highest BCUT2D eigenvalue weighted by atomic mass is 79.9. The minimum Gasteiger partial charge on any atom is -0.347 e. The number of hydrogen-bond acceptors (Lipinski definition) is 3. The zero-order valence-electron chi connectivity index (χ0n) is 8.61. The lowest BCUT2D eigenvalue weighted by Crippen LogP contribution is -2.23. The van der Waals surface area contributed by atoms with Crippen LogP contribution in [0.2, 0.25) is 0 Å². The van der Waals surface area contributed by atoms with Crippen molar-refractivity contribution in [3.05, 3.63) is 50.6 Å². The van der Waals surface area contributed by atoms with E-state index in [0.717, 1.165) is 9.35 Å². The van der Waals surface area contributed by atoms with Gasteiger partial charge in [0.2, 0.25) is 5.95 Å². The third-order valence-corrected chi connectivity index (χ3v) is 4.03. The van der Waals surface area contributed by atoms with Gasteiger partial charge in [0.1, 0.15) is 0 Å². The number of nitrogens with zero attached hydrogens (tertiary/aromatic N) is 1. The van der Waals surface area contributed by atoms with Crippen molar-refractivity contribution >= 4 is 33.2 Å². The molecule has 0 radical (unpaired) electrons. The number of halogens is 2. The van der Waals surface area contributed by atoms with Gasteiger partial charge in [-0.15, -0.1) is 11.3 Å². The molecule has 0 aliphatic heterocycles. The first-order valence-corrected chi connectivity index (χ1v) is 6.46. The second-order valence-corrected chi connectivity index (χ2v) is 5.07. The second-order valence-electron chi connectivity index (χ2n) is 3.22. The Morgan fingerprint density at radius 3 is 3.00 bits per heavy atom. The van der Waals surface area contributed by atoms with Crippen molar-refractivity contribution in [2.24, 2.45) is 0 Å². The fourth-order valence-corrected chi connectivity index (χ4v) is 2.69. The molecule has 0 saturated heterocycles. The summed E-state index contributed by atoms with van der Waals surface area (Å²) in [4.78, 5) is 16.1. The van der Waals surface area contributed by atoms with Crippen molar-refractivity contribution in [2.75, 3.05) is 0 Å². The Hall–Kier alpha value is -1.27. The molecule has 2 aromatic heterocycles. The van der Waals surface area contributed by atoms with Gasteiger partial charge in [0.25, 0.3) is 5.91 Å². The normalized spacial score (nSPS) is 10.2. The molecule has 0 unspecified atom stereocenters. The maximum Gasteiger partial charge on any atom is 0.256 e. The molecule has 0 aromatic carbocycles. The highest BCUT2D eigenvalue weighted by molar-refractivity contribution is 9.10. The van der Waals surface area contributed by atoms with Crippen LogP contribution in [0.25, 0.3) is 0 Å².